The normalized spacial score (nSPS) is 25.3. The second-order valence-electron chi connectivity index (χ2n) is 10.8. The molecule has 0 N–H and O–H groups in total. The minimum atomic E-state index is -0.556. The van der Waals surface area contributed by atoms with Gasteiger partial charge in [-0.1, -0.05) is 86.0 Å². The van der Waals surface area contributed by atoms with Crippen LogP contribution in [0.15, 0.2) is 0 Å². The van der Waals surface area contributed by atoms with E-state index in [0.29, 0.717) is 30.1 Å². The Balaban J connectivity index is 0. The van der Waals surface area contributed by atoms with Gasteiger partial charge in [0.2, 0.25) is 0 Å². The summed E-state index contributed by atoms with van der Waals surface area (Å²) in [7, 11) is 9.78. The number of rotatable bonds is 5. The maximum absolute atomic E-state index is 12.5. The fraction of sp³-hybridized carbons (Fsp3) is 0.889. The number of hydrogen-bond acceptors (Lipinski definition) is 2. The van der Waals surface area contributed by atoms with E-state index >= 15 is 0 Å². The van der Waals surface area contributed by atoms with Crippen molar-refractivity contribution < 1.29 is 26.6 Å². The summed E-state index contributed by atoms with van der Waals surface area (Å²) in [5.41, 5.74) is 0.0984. The summed E-state index contributed by atoms with van der Waals surface area (Å²) in [6.45, 7) is 11.3. The molecule has 0 saturated heterocycles. The monoisotopic (exact) mass is 526 g/mol. The van der Waals surface area contributed by atoms with Crippen LogP contribution in [0.2, 0.25) is 0 Å². The Morgan fingerprint density at radius 3 is 1.84 bits per heavy atom. The van der Waals surface area contributed by atoms with E-state index < -0.39 is 17.0 Å². The van der Waals surface area contributed by atoms with Crippen molar-refractivity contribution in [2.24, 2.45) is 29.1 Å². The third-order valence-electron chi connectivity index (χ3n) is 7.55. The standard InChI is InChI=1S/C20H36O2.C5H10.2CH3.2ClH.Ti/c1-14(2)17-11-10-15(3)12-18(17)22-19(21)13-20(4,5)16-8-6-7-9-16;1-2-4-5-3-1;;;;;/h14-18H,6-13H2,1-5H3;1-5H2;2*1H3;2*1H;/q;;2*-1;;;+2/p-2/t15-,17+,18-;;;;;;/m1....../s1. The van der Waals surface area contributed by atoms with Crippen molar-refractivity contribution in [3.8, 4) is 0 Å². The number of halogens is 2. The molecule has 192 valence electrons. The van der Waals surface area contributed by atoms with Gasteiger partial charge in [0.25, 0.3) is 0 Å². The zero-order valence-electron chi connectivity index (χ0n) is 22.2. The van der Waals surface area contributed by atoms with Gasteiger partial charge in [0.1, 0.15) is 6.10 Å². The van der Waals surface area contributed by atoms with Crippen LogP contribution in [0.1, 0.15) is 118 Å². The molecule has 0 aromatic carbocycles. The molecule has 3 rings (SSSR count). The number of esters is 1. The molecule has 0 unspecified atom stereocenters. The average molecular weight is 527 g/mol. The van der Waals surface area contributed by atoms with Crippen molar-refractivity contribution >= 4 is 24.6 Å². The van der Waals surface area contributed by atoms with Crippen LogP contribution < -0.4 is 0 Å². The quantitative estimate of drug-likeness (QED) is 0.202. The number of hydrogen-bond donors (Lipinski definition) is 0. The molecule has 0 aliphatic heterocycles. The Kier molecular flexibility index (Phi) is 20.8. The Hall–Kier alpha value is 0.764. The second kappa shape index (κ2) is 19.0. The van der Waals surface area contributed by atoms with Crippen LogP contribution >= 0.6 is 18.6 Å². The van der Waals surface area contributed by atoms with Crippen molar-refractivity contribution in [1.82, 2.24) is 0 Å². The van der Waals surface area contributed by atoms with Crippen LogP contribution in [0.3, 0.4) is 0 Å². The van der Waals surface area contributed by atoms with E-state index in [-0.39, 0.29) is 32.3 Å². The summed E-state index contributed by atoms with van der Waals surface area (Å²) in [6.07, 6.45) is 17.0. The van der Waals surface area contributed by atoms with E-state index in [9.17, 15) is 4.79 Å². The van der Waals surface area contributed by atoms with Gasteiger partial charge < -0.3 is 19.6 Å². The van der Waals surface area contributed by atoms with E-state index in [0.717, 1.165) is 6.42 Å². The number of carbonyl (C=O) groups is 1. The topological polar surface area (TPSA) is 26.3 Å². The molecule has 0 spiro atoms. The van der Waals surface area contributed by atoms with Crippen LogP contribution in [-0.2, 0) is 26.6 Å². The predicted octanol–water partition coefficient (Wildman–Crippen LogP) is 9.82. The van der Waals surface area contributed by atoms with Gasteiger partial charge in [-0.05, 0) is 54.8 Å². The van der Waals surface area contributed by atoms with Gasteiger partial charge in [0.05, 0.1) is 6.42 Å². The molecular formula is C27H52Cl2O2Ti-2. The molecule has 0 aromatic heterocycles. The Labute approximate surface area is 218 Å². The van der Waals surface area contributed by atoms with Crippen molar-refractivity contribution in [2.45, 2.75) is 124 Å². The summed E-state index contributed by atoms with van der Waals surface area (Å²) in [4.78, 5) is 12.5. The summed E-state index contributed by atoms with van der Waals surface area (Å²) in [5, 5.41) is 0. The first kappa shape index (κ1) is 34.9. The van der Waals surface area contributed by atoms with E-state index in [4.69, 9.17) is 23.3 Å². The Morgan fingerprint density at radius 1 is 0.938 bits per heavy atom. The molecule has 3 aliphatic carbocycles. The second-order valence-corrected chi connectivity index (χ2v) is 13.4. The van der Waals surface area contributed by atoms with Crippen LogP contribution in [0, 0.1) is 43.9 Å². The van der Waals surface area contributed by atoms with Gasteiger partial charge >= 0.3 is 41.6 Å². The van der Waals surface area contributed by atoms with Gasteiger partial charge in [-0.15, -0.1) is 0 Å². The molecule has 0 radical (unpaired) electrons. The van der Waals surface area contributed by atoms with Crippen LogP contribution in [0.4, 0.5) is 0 Å². The first-order chi connectivity index (χ1) is 14.2. The third kappa shape index (κ3) is 13.6. The summed E-state index contributed by atoms with van der Waals surface area (Å²) in [5.74, 6) is 2.59. The molecule has 3 atom stereocenters. The molecule has 0 heterocycles. The molecule has 32 heavy (non-hydrogen) atoms. The maximum atomic E-state index is 12.5. The van der Waals surface area contributed by atoms with Crippen LogP contribution in [0.25, 0.3) is 0 Å². The van der Waals surface area contributed by atoms with E-state index in [1.165, 1.54) is 70.6 Å². The number of ether oxygens (including phenoxy) is 1. The van der Waals surface area contributed by atoms with E-state index in [1.807, 2.05) is 0 Å². The Bertz CT molecular complexity index is 453. The molecule has 0 aromatic rings. The minimum absolute atomic E-state index is 0. The molecule has 3 saturated carbocycles. The first-order valence-electron chi connectivity index (χ1n) is 12.4. The molecule has 5 heteroatoms. The molecule has 2 nitrogen and oxygen atoms in total. The first-order valence-corrected chi connectivity index (χ1v) is 16.7. The molecule has 0 amide bonds. The van der Waals surface area contributed by atoms with E-state index in [2.05, 4.69) is 34.6 Å². The number of carbonyl (C=O) groups excluding carboxylic acids is 1. The molecular weight excluding hydrogens is 475 g/mol. The average Bonchev–Trinajstić information content (AvgIpc) is 3.38. The molecule has 3 aliphatic rings. The van der Waals surface area contributed by atoms with Crippen molar-refractivity contribution in [2.75, 3.05) is 0 Å². The Morgan fingerprint density at radius 2 is 1.41 bits per heavy atom. The molecule has 0 bridgehead atoms. The van der Waals surface area contributed by atoms with Crippen LogP contribution in [0.5, 0.6) is 0 Å². The van der Waals surface area contributed by atoms with Gasteiger partial charge in [-0.3, -0.25) is 4.79 Å². The van der Waals surface area contributed by atoms with Gasteiger partial charge in [-0.25, -0.2) is 0 Å². The predicted molar refractivity (Wildman–Crippen MR) is 139 cm³/mol. The van der Waals surface area contributed by atoms with Crippen LogP contribution in [-0.4, -0.2) is 12.1 Å². The van der Waals surface area contributed by atoms with E-state index in [1.54, 1.807) is 0 Å². The zero-order chi connectivity index (χ0) is 22.6. The SMILES string of the molecule is C1CCCC1.CC(C)[C@@H]1CC[C@@H](C)C[C@H]1OC(=O)CC(C)(C)C1CCCC1.[CH3-].[CH3-].[Cl][Ti][Cl]. The van der Waals surface area contributed by atoms with Gasteiger partial charge in [0.15, 0.2) is 0 Å². The van der Waals surface area contributed by atoms with Crippen molar-refractivity contribution in [3.05, 3.63) is 14.9 Å². The summed E-state index contributed by atoms with van der Waals surface area (Å²) >= 11 is -0.556. The fourth-order valence-corrected chi connectivity index (χ4v) is 5.57. The third-order valence-corrected chi connectivity index (χ3v) is 7.55. The van der Waals surface area contributed by atoms with Gasteiger partial charge in [-0.2, -0.15) is 0 Å². The zero-order valence-corrected chi connectivity index (χ0v) is 25.2. The summed E-state index contributed by atoms with van der Waals surface area (Å²) < 4.78 is 5.99. The van der Waals surface area contributed by atoms with Crippen molar-refractivity contribution in [1.29, 1.82) is 0 Å². The summed E-state index contributed by atoms with van der Waals surface area (Å²) in [6, 6.07) is 0. The molecule has 3 fully saturated rings. The van der Waals surface area contributed by atoms with Gasteiger partial charge in [0, 0.05) is 0 Å². The fourth-order valence-electron chi connectivity index (χ4n) is 5.57. The van der Waals surface area contributed by atoms with Crippen molar-refractivity contribution in [3.63, 3.8) is 0 Å².